The molecule has 1 aromatic carbocycles. The third kappa shape index (κ3) is 16.9. The Kier molecular flexibility index (Phi) is 22.9. The van der Waals surface area contributed by atoms with E-state index in [4.69, 9.17) is 18.6 Å². The number of methoxy groups -OCH3 is 1. The van der Waals surface area contributed by atoms with Crippen LogP contribution in [0, 0.1) is 0 Å². The number of nitrogens with zero attached hydrogens (tertiary/aromatic N) is 2. The molecule has 3 N–H and O–H groups in total. The predicted octanol–water partition coefficient (Wildman–Crippen LogP) is 8.44. The van der Waals surface area contributed by atoms with Gasteiger partial charge in [0.1, 0.15) is 24.6 Å². The van der Waals surface area contributed by atoms with Crippen molar-refractivity contribution in [1.82, 2.24) is 4.58 Å². The molecule has 0 amide bonds. The number of aliphatic carboxylic acids is 1. The average Bonchev–Trinajstić information content (AvgIpc) is 3.45. The van der Waals surface area contributed by atoms with Crippen LogP contribution in [-0.4, -0.2) is 103 Å². The Hall–Kier alpha value is -3.90. The van der Waals surface area contributed by atoms with Crippen molar-refractivity contribution in [3.63, 3.8) is 0 Å². The zero-order valence-electron chi connectivity index (χ0n) is 39.1. The van der Waals surface area contributed by atoms with Crippen LogP contribution in [0.2, 0.25) is 0 Å². The molecule has 0 radical (unpaired) electrons. The lowest BCUT2D eigenvalue weighted by molar-refractivity contribution is -0.137. The van der Waals surface area contributed by atoms with Gasteiger partial charge in [0.2, 0.25) is 5.36 Å². The van der Waals surface area contributed by atoms with Crippen molar-refractivity contribution in [2.24, 2.45) is 0 Å². The van der Waals surface area contributed by atoms with Gasteiger partial charge >= 0.3 is 5.97 Å². The van der Waals surface area contributed by atoms with Crippen molar-refractivity contribution in [3.05, 3.63) is 82.6 Å². The van der Waals surface area contributed by atoms with Crippen LogP contribution in [0.3, 0.4) is 0 Å². The van der Waals surface area contributed by atoms with E-state index >= 15 is 0 Å². The van der Waals surface area contributed by atoms with E-state index in [1.54, 1.807) is 13.2 Å². The number of anilines is 1. The first-order valence-corrected chi connectivity index (χ1v) is 25.1. The first-order chi connectivity index (χ1) is 29.8. The molecule has 16 heteroatoms. The molecule has 63 heavy (non-hydrogen) atoms. The molecule has 2 heterocycles. The highest BCUT2D eigenvalue weighted by Crippen LogP contribution is 2.51. The van der Waals surface area contributed by atoms with Crippen LogP contribution >= 0.6 is 0 Å². The van der Waals surface area contributed by atoms with Crippen LogP contribution in [0.4, 0.5) is 5.69 Å². The number of hydrogen-bond acceptors (Lipinski definition) is 10. The number of hydrogen-bond donors (Lipinski definition) is 3. The van der Waals surface area contributed by atoms with Gasteiger partial charge in [0.15, 0.2) is 0 Å². The average molecular weight is 922 g/mol. The van der Waals surface area contributed by atoms with Crippen molar-refractivity contribution in [3.8, 4) is 11.3 Å². The third-order valence-corrected chi connectivity index (χ3v) is 12.2. The first kappa shape index (κ1) is 55.2. The summed E-state index contributed by atoms with van der Waals surface area (Å²) in [5.41, 5.74) is 3.37. The minimum atomic E-state index is -4.51. The lowest BCUT2D eigenvalue weighted by Crippen LogP contribution is -2.31. The molecule has 1 unspecified atom stereocenters. The van der Waals surface area contributed by atoms with E-state index in [9.17, 15) is 35.8 Å². The van der Waals surface area contributed by atoms with E-state index in [1.165, 1.54) is 12.1 Å². The molecule has 0 fully saturated rings. The standard InChI is InChI=1S/C43H60N2O12S2.2C2H6/c1-7-44(21-12-28-58(48,49)50)32-16-18-35-36(42(2,3)4)30-33(57-39(35)29-32)13-11-14-40-43(5,20-23-55-26-27-56-25-24-54-6)37-31-34(59(51,52)53)17-19-38(37)45(40)22-10-8-9-15-41(46)47;2*1-2/h11,13-14,16-19,29-31H,7-10,12,15,20-28H2,1-6H3,(H2-,46,47,48,49,50,51,52,53);2*1-2H3/p+1. The van der Waals surface area contributed by atoms with E-state index in [0.29, 0.717) is 95.4 Å². The van der Waals surface area contributed by atoms with Gasteiger partial charge in [-0.15, -0.1) is 0 Å². The molecule has 0 saturated heterocycles. The molecule has 0 aromatic heterocycles. The maximum Gasteiger partial charge on any atom is 0.303 e. The maximum absolute atomic E-state index is 12.4. The van der Waals surface area contributed by atoms with Gasteiger partial charge in [-0.3, -0.25) is 13.9 Å². The summed E-state index contributed by atoms with van der Waals surface area (Å²) in [5, 5.41) is 10.0. The number of carboxylic acid groups (broad SMARTS) is 1. The first-order valence-electron chi connectivity index (χ1n) is 22.0. The highest BCUT2D eigenvalue weighted by Gasteiger charge is 2.43. The fraction of sp³-hybridized carbons (Fsp3) is 0.574. The largest absolute Gasteiger partial charge is 0.481 e. The topological polar surface area (TPSA) is 193 Å². The smallest absolute Gasteiger partial charge is 0.303 e. The molecule has 0 saturated carbocycles. The van der Waals surface area contributed by atoms with Gasteiger partial charge in [-0.2, -0.15) is 16.8 Å². The lowest BCUT2D eigenvalue weighted by Gasteiger charge is -2.30. The number of carbonyl (C=O) groups is 1. The predicted molar refractivity (Wildman–Crippen MR) is 251 cm³/mol. The van der Waals surface area contributed by atoms with Crippen LogP contribution in [0.5, 0.6) is 0 Å². The molecular weight excluding hydrogens is 849 g/mol. The fourth-order valence-corrected chi connectivity index (χ4v) is 8.40. The summed E-state index contributed by atoms with van der Waals surface area (Å²) in [6.45, 7) is 22.0. The zero-order chi connectivity index (χ0) is 47.4. The summed E-state index contributed by atoms with van der Waals surface area (Å²) in [5.74, 6) is 0.0668. The van der Waals surface area contributed by atoms with Crippen LogP contribution in [-0.2, 0) is 50.1 Å². The van der Waals surface area contributed by atoms with E-state index in [0.717, 1.165) is 27.9 Å². The Labute approximate surface area is 376 Å². The number of unbranched alkanes of at least 4 members (excludes halogenated alkanes) is 2. The van der Waals surface area contributed by atoms with Crippen molar-refractivity contribution >= 4 is 38.0 Å². The normalized spacial score (nSPS) is 16.4. The summed E-state index contributed by atoms with van der Waals surface area (Å²) < 4.78 is 91.9. The van der Waals surface area contributed by atoms with E-state index < -0.39 is 31.6 Å². The third-order valence-electron chi connectivity index (χ3n) is 10.5. The SMILES string of the molecule is CC.CC.CC[N+](CCCS(=O)(=O)O)=c1ccc2c(C(C)(C)C)cc(/C=C/C=C3/N(CCCCCC(=O)O)c4ccc(S(=O)(=O)O)cc4C3(C)CCOCCOCCOC)oc-2c1. The second-order valence-electron chi connectivity index (χ2n) is 15.9. The summed E-state index contributed by atoms with van der Waals surface area (Å²) in [4.78, 5) is 13.1. The molecular formula is C47H73N2O12S2+. The Morgan fingerprint density at radius 2 is 1.56 bits per heavy atom. The summed E-state index contributed by atoms with van der Waals surface area (Å²) in [6, 6.07) is 12.6. The summed E-state index contributed by atoms with van der Waals surface area (Å²) in [7, 11) is -6.97. The van der Waals surface area contributed by atoms with Gasteiger partial charge in [-0.25, -0.2) is 4.58 Å². The highest BCUT2D eigenvalue weighted by molar-refractivity contribution is 7.86. The highest BCUT2D eigenvalue weighted by atomic mass is 32.2. The van der Waals surface area contributed by atoms with E-state index in [-0.39, 0.29) is 28.9 Å². The van der Waals surface area contributed by atoms with Crippen molar-refractivity contribution in [2.45, 2.75) is 117 Å². The Morgan fingerprint density at radius 3 is 2.16 bits per heavy atom. The van der Waals surface area contributed by atoms with Crippen LogP contribution in [0.15, 0.2) is 69.6 Å². The molecule has 14 nitrogen and oxygen atoms in total. The van der Waals surface area contributed by atoms with Crippen molar-refractivity contribution < 1.29 is 54.5 Å². The van der Waals surface area contributed by atoms with Gasteiger partial charge in [0.05, 0.1) is 43.1 Å². The molecule has 354 valence electrons. The summed E-state index contributed by atoms with van der Waals surface area (Å²) in [6.07, 6.45) is 8.46. The number of allylic oxidation sites excluding steroid dienone is 3. The number of ether oxygens (including phenoxy) is 3. The Bertz CT molecular complexity index is 2220. The second kappa shape index (κ2) is 26.2. The fourth-order valence-electron chi connectivity index (χ4n) is 7.39. The zero-order valence-corrected chi connectivity index (χ0v) is 40.7. The monoisotopic (exact) mass is 921 g/mol. The molecule has 1 aromatic rings. The number of benzene rings is 2. The minimum absolute atomic E-state index is 0.0712. The lowest BCUT2D eigenvalue weighted by atomic mass is 9.78. The molecule has 1 atom stereocenters. The molecule has 0 spiro atoms. The van der Waals surface area contributed by atoms with Gasteiger partial charge < -0.3 is 28.6 Å². The summed E-state index contributed by atoms with van der Waals surface area (Å²) >= 11 is 0. The van der Waals surface area contributed by atoms with Crippen LogP contribution < -0.4 is 14.8 Å². The van der Waals surface area contributed by atoms with Gasteiger partial charge in [-0.1, -0.05) is 61.0 Å². The quantitative estimate of drug-likeness (QED) is 0.0467. The molecule has 2 aliphatic heterocycles. The number of fused-ring (bicyclic) bond motifs is 2. The Morgan fingerprint density at radius 1 is 0.889 bits per heavy atom. The number of rotatable bonds is 23. The van der Waals surface area contributed by atoms with Crippen LogP contribution in [0.1, 0.15) is 118 Å². The van der Waals surface area contributed by atoms with Gasteiger partial charge in [-0.05, 0) is 92.1 Å². The maximum atomic E-state index is 12.4. The molecule has 4 rings (SSSR count). The molecule has 1 aliphatic carbocycles. The van der Waals surface area contributed by atoms with Crippen molar-refractivity contribution in [1.29, 1.82) is 0 Å². The van der Waals surface area contributed by atoms with E-state index in [1.807, 2.05) is 88.6 Å². The molecule has 3 aliphatic rings. The van der Waals surface area contributed by atoms with Crippen LogP contribution in [0.25, 0.3) is 17.4 Å². The second-order valence-corrected chi connectivity index (χ2v) is 18.9. The molecule has 0 bridgehead atoms. The number of carboxylic acids is 1. The Balaban J connectivity index is 0.00000331. The van der Waals surface area contributed by atoms with Gasteiger partial charge in [0, 0.05) is 61.5 Å². The minimum Gasteiger partial charge on any atom is -0.481 e. The van der Waals surface area contributed by atoms with E-state index in [2.05, 4.69) is 25.7 Å². The van der Waals surface area contributed by atoms with Crippen molar-refractivity contribution in [2.75, 3.05) is 70.4 Å². The van der Waals surface area contributed by atoms with Gasteiger partial charge in [0.25, 0.3) is 20.2 Å².